The third kappa shape index (κ3) is 44.6. The van der Waals surface area contributed by atoms with Crippen LogP contribution < -0.4 is 10.2 Å². The van der Waals surface area contributed by atoms with Gasteiger partial charge in [-0.1, -0.05) is 204 Å². The molecule has 0 aromatic rings. The lowest BCUT2D eigenvalue weighted by atomic mass is 10.0. The van der Waals surface area contributed by atoms with E-state index >= 15 is 0 Å². The zero-order chi connectivity index (χ0) is 43.6. The van der Waals surface area contributed by atoms with Crippen molar-refractivity contribution in [2.45, 2.75) is 238 Å². The highest BCUT2D eigenvalue weighted by Crippen LogP contribution is 2.38. The fourth-order valence-corrected chi connectivity index (χ4v) is 7.89. The van der Waals surface area contributed by atoms with E-state index in [1.165, 1.54) is 148 Å². The van der Waals surface area contributed by atoms with Crippen molar-refractivity contribution < 1.29 is 32.9 Å². The molecule has 8 nitrogen and oxygen atoms in total. The minimum Gasteiger partial charge on any atom is -0.756 e. The largest absolute Gasteiger partial charge is 0.756 e. The summed E-state index contributed by atoms with van der Waals surface area (Å²) in [6, 6.07) is -0.796. The van der Waals surface area contributed by atoms with E-state index < -0.39 is 20.0 Å². The van der Waals surface area contributed by atoms with Crippen LogP contribution in [0.3, 0.4) is 0 Å². The lowest BCUT2D eigenvalue weighted by Gasteiger charge is -2.30. The van der Waals surface area contributed by atoms with Crippen LogP contribution in [0.1, 0.15) is 226 Å². The number of rotatable bonds is 45. The molecule has 3 atom stereocenters. The van der Waals surface area contributed by atoms with Gasteiger partial charge in [0.05, 0.1) is 39.9 Å². The summed E-state index contributed by atoms with van der Waals surface area (Å²) < 4.78 is 23.1. The monoisotopic (exact) mass is 853 g/mol. The molecule has 3 unspecified atom stereocenters. The molecule has 0 rings (SSSR count). The number of hydrogen-bond donors (Lipinski definition) is 2. The lowest BCUT2D eigenvalue weighted by Crippen LogP contribution is -2.46. The molecule has 0 aromatic heterocycles. The summed E-state index contributed by atoms with van der Waals surface area (Å²) in [6.07, 6.45) is 52.1. The van der Waals surface area contributed by atoms with Crippen molar-refractivity contribution in [1.29, 1.82) is 0 Å². The van der Waals surface area contributed by atoms with E-state index in [1.54, 1.807) is 0 Å². The first-order valence-electron chi connectivity index (χ1n) is 24.8. The van der Waals surface area contributed by atoms with Crippen molar-refractivity contribution in [2.75, 3.05) is 40.9 Å². The second-order valence-electron chi connectivity index (χ2n) is 18.2. The fourth-order valence-electron chi connectivity index (χ4n) is 7.16. The topological polar surface area (TPSA) is 108 Å². The van der Waals surface area contributed by atoms with E-state index in [0.29, 0.717) is 23.9 Å². The Morgan fingerprint density at radius 3 is 1.42 bits per heavy atom. The number of quaternary nitrogens is 1. The number of nitrogens with zero attached hydrogens (tertiary/aromatic N) is 1. The van der Waals surface area contributed by atoms with E-state index in [9.17, 15) is 19.4 Å². The molecule has 0 saturated heterocycles. The maximum Gasteiger partial charge on any atom is 0.268 e. The number of carbonyl (C=O) groups is 1. The Morgan fingerprint density at radius 1 is 0.593 bits per heavy atom. The molecular formula is C50H97N2O6P. The molecule has 0 aliphatic carbocycles. The number of unbranched alkanes of at least 4 members (excludes halogenated alkanes) is 26. The second kappa shape index (κ2) is 42.0. The van der Waals surface area contributed by atoms with E-state index in [0.717, 1.165) is 51.4 Å². The number of aliphatic hydroxyl groups is 1. The van der Waals surface area contributed by atoms with Gasteiger partial charge in [-0.2, -0.15) is 0 Å². The zero-order valence-corrected chi connectivity index (χ0v) is 40.4. The molecule has 59 heavy (non-hydrogen) atoms. The Morgan fingerprint density at radius 2 is 0.983 bits per heavy atom. The van der Waals surface area contributed by atoms with Crippen LogP contribution in [0, 0.1) is 0 Å². The highest BCUT2D eigenvalue weighted by molar-refractivity contribution is 7.45. The summed E-state index contributed by atoms with van der Waals surface area (Å²) in [7, 11) is 1.30. The van der Waals surface area contributed by atoms with Crippen LogP contribution in [-0.4, -0.2) is 68.5 Å². The molecule has 0 spiro atoms. The predicted octanol–water partition coefficient (Wildman–Crippen LogP) is 13.6. The Bertz CT molecular complexity index is 1060. The average molecular weight is 853 g/mol. The lowest BCUT2D eigenvalue weighted by molar-refractivity contribution is -0.870. The summed E-state index contributed by atoms with van der Waals surface area (Å²) in [4.78, 5) is 25.2. The molecule has 0 radical (unpaired) electrons. The molecule has 0 saturated carbocycles. The fraction of sp³-hybridized carbons (Fsp3) is 0.860. The molecule has 0 aliphatic rings. The zero-order valence-electron chi connectivity index (χ0n) is 39.5. The van der Waals surface area contributed by atoms with Crippen LogP contribution in [0.25, 0.3) is 0 Å². The van der Waals surface area contributed by atoms with Gasteiger partial charge in [-0.25, -0.2) is 0 Å². The van der Waals surface area contributed by atoms with E-state index in [1.807, 2.05) is 21.1 Å². The molecule has 0 aromatic carbocycles. The SMILES string of the molecule is CCCCCCC/C=C\C/C=C\C/C=C\CCCCCCCCCCCCCCCCCCC(=O)NC(COP(=O)([O-])OCC[N+](C)(C)C)C(O)CCCCCCCC. The van der Waals surface area contributed by atoms with Crippen LogP contribution in [0.15, 0.2) is 36.5 Å². The number of phosphoric acid groups is 1. The number of hydrogen-bond acceptors (Lipinski definition) is 6. The van der Waals surface area contributed by atoms with Crippen LogP contribution in [0.2, 0.25) is 0 Å². The van der Waals surface area contributed by atoms with Gasteiger partial charge >= 0.3 is 0 Å². The van der Waals surface area contributed by atoms with Gasteiger partial charge in [-0.3, -0.25) is 9.36 Å². The van der Waals surface area contributed by atoms with Crippen molar-refractivity contribution in [2.24, 2.45) is 0 Å². The number of phosphoric ester groups is 1. The van der Waals surface area contributed by atoms with Crippen molar-refractivity contribution in [3.63, 3.8) is 0 Å². The van der Waals surface area contributed by atoms with E-state index in [4.69, 9.17) is 9.05 Å². The summed E-state index contributed by atoms with van der Waals surface area (Å²) in [6.45, 7) is 4.64. The van der Waals surface area contributed by atoms with Gasteiger partial charge in [-0.15, -0.1) is 0 Å². The molecule has 0 heterocycles. The van der Waals surface area contributed by atoms with Crippen molar-refractivity contribution in [1.82, 2.24) is 5.32 Å². The van der Waals surface area contributed by atoms with Gasteiger partial charge < -0.3 is 28.8 Å². The molecule has 0 aliphatic heterocycles. The highest BCUT2D eigenvalue weighted by atomic mass is 31.2. The minimum absolute atomic E-state index is 0.0119. The first kappa shape index (κ1) is 57.7. The van der Waals surface area contributed by atoms with Crippen molar-refractivity contribution in [3.8, 4) is 0 Å². The first-order chi connectivity index (χ1) is 28.5. The summed E-state index contributed by atoms with van der Waals surface area (Å²) in [5.74, 6) is -0.170. The maximum absolute atomic E-state index is 12.8. The number of nitrogens with one attached hydrogen (secondary N) is 1. The van der Waals surface area contributed by atoms with Crippen LogP contribution in [-0.2, 0) is 18.4 Å². The molecular weight excluding hydrogens is 756 g/mol. The quantitative estimate of drug-likeness (QED) is 0.0273. The number of carbonyl (C=O) groups excluding carboxylic acids is 1. The third-order valence-electron chi connectivity index (χ3n) is 11.1. The van der Waals surface area contributed by atoms with Crippen LogP contribution in [0.5, 0.6) is 0 Å². The average Bonchev–Trinajstić information content (AvgIpc) is 3.19. The molecule has 9 heteroatoms. The smallest absolute Gasteiger partial charge is 0.268 e. The summed E-state index contributed by atoms with van der Waals surface area (Å²) in [5.41, 5.74) is 0. The van der Waals surface area contributed by atoms with E-state index in [-0.39, 0.29) is 19.1 Å². The Labute approximate surface area is 366 Å². The van der Waals surface area contributed by atoms with E-state index in [2.05, 4.69) is 55.6 Å². The Balaban J connectivity index is 3.89. The number of allylic oxidation sites excluding steroid dienone is 6. The molecule has 0 fully saturated rings. The molecule has 1 amide bonds. The van der Waals surface area contributed by atoms with Crippen molar-refractivity contribution in [3.05, 3.63) is 36.5 Å². The standard InChI is InChI=1S/C50H97N2O6P/c1-6-8-10-12-14-15-16-17-18-19-20-21-22-23-24-25-26-27-28-29-30-31-32-33-34-35-36-37-38-40-42-44-50(54)51-48(49(53)43-41-39-13-11-9-7-2)47-58-59(55,56)57-46-45-52(3,4)5/h16-17,19-20,22-23,48-49,53H,6-15,18,21,24-47H2,1-5H3,(H-,51,54,55,56)/b17-16-,20-19-,23-22-. The maximum atomic E-state index is 12.8. The number of amides is 1. The Kier molecular flexibility index (Phi) is 41.1. The molecule has 0 bridgehead atoms. The third-order valence-corrected chi connectivity index (χ3v) is 12.1. The van der Waals surface area contributed by atoms with Crippen molar-refractivity contribution >= 4 is 13.7 Å². The number of likely N-dealkylation sites (N-methyl/N-ethyl adjacent to an activating group) is 1. The van der Waals surface area contributed by atoms with Crippen LogP contribution in [0.4, 0.5) is 0 Å². The van der Waals surface area contributed by atoms with Gasteiger partial charge in [0.1, 0.15) is 13.2 Å². The van der Waals surface area contributed by atoms with Gasteiger partial charge in [0.25, 0.3) is 7.82 Å². The molecule has 348 valence electrons. The highest BCUT2D eigenvalue weighted by Gasteiger charge is 2.24. The minimum atomic E-state index is -4.55. The summed E-state index contributed by atoms with van der Waals surface area (Å²) in [5, 5.41) is 13.8. The predicted molar refractivity (Wildman–Crippen MR) is 251 cm³/mol. The van der Waals surface area contributed by atoms with Crippen LogP contribution >= 0.6 is 7.82 Å². The van der Waals surface area contributed by atoms with Gasteiger partial charge in [0.2, 0.25) is 5.91 Å². The summed E-state index contributed by atoms with van der Waals surface area (Å²) >= 11 is 0. The van der Waals surface area contributed by atoms with Gasteiger partial charge in [0.15, 0.2) is 0 Å². The van der Waals surface area contributed by atoms with Gasteiger partial charge in [0, 0.05) is 6.42 Å². The Hall–Kier alpha value is -1.28. The normalized spacial score (nSPS) is 14.5. The first-order valence-corrected chi connectivity index (χ1v) is 26.3. The van der Waals surface area contributed by atoms with Gasteiger partial charge in [-0.05, 0) is 51.4 Å². The second-order valence-corrected chi connectivity index (χ2v) is 19.6. The number of aliphatic hydroxyl groups excluding tert-OH is 1. The molecule has 2 N–H and O–H groups in total.